The van der Waals surface area contributed by atoms with Crippen LogP contribution in [0.2, 0.25) is 0 Å². The zero-order valence-electron chi connectivity index (χ0n) is 11.4. The Labute approximate surface area is 109 Å². The third-order valence-corrected chi connectivity index (χ3v) is 5.47. The van der Waals surface area contributed by atoms with Crippen molar-refractivity contribution < 1.29 is 0 Å². The topological polar surface area (TPSA) is 15.3 Å². The van der Waals surface area contributed by atoms with Crippen molar-refractivity contribution in [2.24, 2.45) is 0 Å². The molecule has 1 aliphatic rings. The molecular formula is C14H24N2S. The lowest BCUT2D eigenvalue weighted by Crippen LogP contribution is -2.56. The molecule has 0 aliphatic heterocycles. The SMILES string of the molecule is Cc1ccsc1C(C)NCC1(N(C)C)CCC1. The van der Waals surface area contributed by atoms with Crippen LogP contribution >= 0.6 is 11.3 Å². The summed E-state index contributed by atoms with van der Waals surface area (Å²) < 4.78 is 0. The van der Waals surface area contributed by atoms with E-state index in [9.17, 15) is 0 Å². The molecule has 3 heteroatoms. The van der Waals surface area contributed by atoms with Crippen LogP contribution in [0.15, 0.2) is 11.4 Å². The van der Waals surface area contributed by atoms with Crippen molar-refractivity contribution in [2.75, 3.05) is 20.6 Å². The van der Waals surface area contributed by atoms with Crippen LogP contribution in [0.4, 0.5) is 0 Å². The second-order valence-corrected chi connectivity index (χ2v) is 6.49. The van der Waals surface area contributed by atoms with Gasteiger partial charge in [-0.2, -0.15) is 0 Å². The summed E-state index contributed by atoms with van der Waals surface area (Å²) in [5, 5.41) is 5.91. The van der Waals surface area contributed by atoms with E-state index in [1.54, 1.807) is 0 Å². The molecule has 1 fully saturated rings. The minimum absolute atomic E-state index is 0.416. The number of hydrogen-bond donors (Lipinski definition) is 1. The zero-order chi connectivity index (χ0) is 12.5. The predicted molar refractivity (Wildman–Crippen MR) is 75.7 cm³/mol. The lowest BCUT2D eigenvalue weighted by molar-refractivity contribution is 0.0577. The molecule has 0 amide bonds. The minimum atomic E-state index is 0.416. The van der Waals surface area contributed by atoms with Crippen molar-refractivity contribution in [2.45, 2.75) is 44.7 Å². The normalized spacial score (nSPS) is 20.3. The van der Waals surface area contributed by atoms with Crippen LogP contribution in [-0.4, -0.2) is 31.1 Å². The first-order valence-electron chi connectivity index (χ1n) is 6.50. The Morgan fingerprint density at radius 1 is 1.47 bits per heavy atom. The van der Waals surface area contributed by atoms with Crippen LogP contribution < -0.4 is 5.32 Å². The average molecular weight is 252 g/mol. The highest BCUT2D eigenvalue weighted by Crippen LogP contribution is 2.36. The summed E-state index contributed by atoms with van der Waals surface area (Å²) in [5.41, 5.74) is 1.84. The zero-order valence-corrected chi connectivity index (χ0v) is 12.2. The van der Waals surface area contributed by atoms with Gasteiger partial charge in [0, 0.05) is 23.0 Å². The highest BCUT2D eigenvalue weighted by Gasteiger charge is 2.38. The van der Waals surface area contributed by atoms with Crippen molar-refractivity contribution in [1.82, 2.24) is 10.2 Å². The third kappa shape index (κ3) is 2.56. The third-order valence-electron chi connectivity index (χ3n) is 4.27. The summed E-state index contributed by atoms with van der Waals surface area (Å²) in [6.07, 6.45) is 4.05. The van der Waals surface area contributed by atoms with E-state index in [4.69, 9.17) is 0 Å². The summed E-state index contributed by atoms with van der Waals surface area (Å²) in [4.78, 5) is 3.88. The second kappa shape index (κ2) is 5.09. The summed E-state index contributed by atoms with van der Waals surface area (Å²) in [5.74, 6) is 0. The van der Waals surface area contributed by atoms with Gasteiger partial charge in [-0.1, -0.05) is 0 Å². The largest absolute Gasteiger partial charge is 0.308 e. The van der Waals surface area contributed by atoms with Gasteiger partial charge in [-0.15, -0.1) is 11.3 Å². The number of nitrogens with one attached hydrogen (secondary N) is 1. The summed E-state index contributed by atoms with van der Waals surface area (Å²) in [7, 11) is 4.42. The lowest BCUT2D eigenvalue weighted by atomic mass is 9.75. The van der Waals surface area contributed by atoms with Gasteiger partial charge in [-0.3, -0.25) is 0 Å². The van der Waals surface area contributed by atoms with E-state index >= 15 is 0 Å². The number of nitrogens with zero attached hydrogens (tertiary/aromatic N) is 1. The molecule has 0 spiro atoms. The first-order chi connectivity index (χ1) is 8.05. The van der Waals surface area contributed by atoms with Crippen LogP contribution in [0, 0.1) is 6.92 Å². The van der Waals surface area contributed by atoms with E-state index in [2.05, 4.69) is 49.6 Å². The first-order valence-corrected chi connectivity index (χ1v) is 7.38. The van der Waals surface area contributed by atoms with E-state index in [1.807, 2.05) is 11.3 Å². The van der Waals surface area contributed by atoms with E-state index in [1.165, 1.54) is 29.7 Å². The van der Waals surface area contributed by atoms with Crippen LogP contribution in [0.5, 0.6) is 0 Å². The van der Waals surface area contributed by atoms with Crippen molar-refractivity contribution in [3.05, 3.63) is 21.9 Å². The lowest BCUT2D eigenvalue weighted by Gasteiger charge is -2.48. The van der Waals surface area contributed by atoms with Crippen LogP contribution in [0.3, 0.4) is 0 Å². The Hall–Kier alpha value is -0.380. The maximum atomic E-state index is 3.72. The number of likely N-dealkylation sites (N-methyl/N-ethyl adjacent to an activating group) is 1. The standard InChI is InChI=1S/C14H24N2S/c1-11-6-9-17-13(11)12(2)15-10-14(16(3)4)7-5-8-14/h6,9,12,15H,5,7-8,10H2,1-4H3. The van der Waals surface area contributed by atoms with E-state index in [0.717, 1.165) is 6.54 Å². The number of aryl methyl sites for hydroxylation is 1. The molecule has 2 rings (SSSR count). The van der Waals surface area contributed by atoms with Crippen molar-refractivity contribution >= 4 is 11.3 Å². The van der Waals surface area contributed by atoms with E-state index < -0.39 is 0 Å². The summed E-state index contributed by atoms with van der Waals surface area (Å²) >= 11 is 1.87. The molecule has 1 aromatic heterocycles. The van der Waals surface area contributed by atoms with Gasteiger partial charge >= 0.3 is 0 Å². The van der Waals surface area contributed by atoms with Gasteiger partial charge in [0.1, 0.15) is 0 Å². The molecule has 1 N–H and O–H groups in total. The molecule has 0 radical (unpaired) electrons. The average Bonchev–Trinajstić information content (AvgIpc) is 2.62. The van der Waals surface area contributed by atoms with Gasteiger partial charge in [-0.25, -0.2) is 0 Å². The molecule has 1 aliphatic carbocycles. The van der Waals surface area contributed by atoms with E-state index in [-0.39, 0.29) is 0 Å². The Kier molecular flexibility index (Phi) is 3.91. The maximum Gasteiger partial charge on any atom is 0.0389 e. The molecule has 2 nitrogen and oxygen atoms in total. The van der Waals surface area contributed by atoms with Gasteiger partial charge in [-0.05, 0) is 64.2 Å². The van der Waals surface area contributed by atoms with E-state index in [0.29, 0.717) is 11.6 Å². The molecule has 1 saturated carbocycles. The van der Waals surface area contributed by atoms with Gasteiger partial charge in [0.05, 0.1) is 0 Å². The highest BCUT2D eigenvalue weighted by molar-refractivity contribution is 7.10. The van der Waals surface area contributed by atoms with Gasteiger partial charge < -0.3 is 10.2 Å². The number of thiophene rings is 1. The summed E-state index contributed by atoms with van der Waals surface area (Å²) in [6.45, 7) is 5.59. The highest BCUT2D eigenvalue weighted by atomic mass is 32.1. The minimum Gasteiger partial charge on any atom is -0.308 e. The summed E-state index contributed by atoms with van der Waals surface area (Å²) in [6, 6.07) is 2.69. The molecule has 1 unspecified atom stereocenters. The predicted octanol–water partition coefficient (Wildman–Crippen LogP) is 3.19. The fourth-order valence-electron chi connectivity index (χ4n) is 2.63. The number of rotatable bonds is 5. The smallest absolute Gasteiger partial charge is 0.0389 e. The van der Waals surface area contributed by atoms with Gasteiger partial charge in [0.2, 0.25) is 0 Å². The Morgan fingerprint density at radius 2 is 2.18 bits per heavy atom. The molecule has 1 heterocycles. The Balaban J connectivity index is 1.92. The fraction of sp³-hybridized carbons (Fsp3) is 0.714. The monoisotopic (exact) mass is 252 g/mol. The van der Waals surface area contributed by atoms with Crippen molar-refractivity contribution in [1.29, 1.82) is 0 Å². The van der Waals surface area contributed by atoms with Gasteiger partial charge in [0.25, 0.3) is 0 Å². The van der Waals surface area contributed by atoms with Crippen molar-refractivity contribution in [3.63, 3.8) is 0 Å². The first kappa shape index (κ1) is 13.1. The quantitative estimate of drug-likeness (QED) is 0.866. The molecule has 96 valence electrons. The Bertz CT molecular complexity index is 366. The molecule has 0 saturated heterocycles. The number of hydrogen-bond acceptors (Lipinski definition) is 3. The molecule has 0 aromatic carbocycles. The van der Waals surface area contributed by atoms with Crippen LogP contribution in [-0.2, 0) is 0 Å². The molecule has 1 aromatic rings. The second-order valence-electron chi connectivity index (χ2n) is 5.54. The van der Waals surface area contributed by atoms with Crippen molar-refractivity contribution in [3.8, 4) is 0 Å². The van der Waals surface area contributed by atoms with Crippen LogP contribution in [0.1, 0.15) is 42.7 Å². The maximum absolute atomic E-state index is 3.72. The Morgan fingerprint density at radius 3 is 2.59 bits per heavy atom. The molecule has 17 heavy (non-hydrogen) atoms. The van der Waals surface area contributed by atoms with Crippen LogP contribution in [0.25, 0.3) is 0 Å². The fourth-order valence-corrected chi connectivity index (χ4v) is 3.59. The molecule has 1 atom stereocenters. The molecular weight excluding hydrogens is 228 g/mol. The van der Waals surface area contributed by atoms with Gasteiger partial charge in [0.15, 0.2) is 0 Å². The molecule has 0 bridgehead atoms.